The maximum atomic E-state index is 13.2. The van der Waals surface area contributed by atoms with Crippen molar-refractivity contribution in [3.05, 3.63) is 52.8 Å². The van der Waals surface area contributed by atoms with E-state index in [0.717, 1.165) is 22.6 Å². The first-order valence-corrected chi connectivity index (χ1v) is 6.62. The third kappa shape index (κ3) is 2.24. The van der Waals surface area contributed by atoms with E-state index in [1.807, 2.05) is 0 Å². The normalized spacial score (nSPS) is 13.8. The molecule has 2 N–H and O–H groups in total. The fraction of sp³-hybridized carbons (Fsp3) is 0.143. The summed E-state index contributed by atoms with van der Waals surface area (Å²) in [5.41, 5.74) is 6.43. The lowest BCUT2D eigenvalue weighted by atomic mass is 10.0. The average Bonchev–Trinajstić information content (AvgIpc) is 2.36. The monoisotopic (exact) mass is 299 g/mol. The number of halogens is 4. The molecule has 1 aliphatic rings. The maximum Gasteiger partial charge on any atom is 0.416 e. The number of alkyl halides is 3. The molecular weight excluding hydrogens is 290 g/mol. The molecule has 0 saturated heterocycles. The number of benzene rings is 2. The van der Waals surface area contributed by atoms with E-state index in [0.29, 0.717) is 16.9 Å². The Morgan fingerprint density at radius 1 is 1.05 bits per heavy atom. The number of nitrogens with two attached hydrogens (primary N) is 1. The standard InChI is InChI=1S/C14H9F4NS/c15-9-1-2-12-7(3-9)4-10-11(19)5-8(14(16,17)18)6-13(10)20-12/h1-3,5-6H,4,19H2. The van der Waals surface area contributed by atoms with E-state index in [-0.39, 0.29) is 11.5 Å². The first kappa shape index (κ1) is 13.3. The molecule has 2 aromatic rings. The highest BCUT2D eigenvalue weighted by atomic mass is 32.2. The van der Waals surface area contributed by atoms with Crippen LogP contribution < -0.4 is 5.73 Å². The van der Waals surface area contributed by atoms with Gasteiger partial charge in [-0.05, 0) is 41.5 Å². The second-order valence-electron chi connectivity index (χ2n) is 4.57. The van der Waals surface area contributed by atoms with E-state index in [2.05, 4.69) is 0 Å². The number of fused-ring (bicyclic) bond motifs is 2. The summed E-state index contributed by atoms with van der Waals surface area (Å²) < 4.78 is 51.5. The maximum absolute atomic E-state index is 13.2. The minimum atomic E-state index is -4.42. The van der Waals surface area contributed by atoms with Gasteiger partial charge in [-0.2, -0.15) is 13.2 Å². The Balaban J connectivity index is 2.10. The lowest BCUT2D eigenvalue weighted by Crippen LogP contribution is -2.10. The molecule has 0 bridgehead atoms. The first-order valence-electron chi connectivity index (χ1n) is 5.80. The topological polar surface area (TPSA) is 26.0 Å². The van der Waals surface area contributed by atoms with Crippen LogP contribution in [0, 0.1) is 5.82 Å². The summed E-state index contributed by atoms with van der Waals surface area (Å²) in [5, 5.41) is 0. The van der Waals surface area contributed by atoms with E-state index in [4.69, 9.17) is 5.73 Å². The smallest absolute Gasteiger partial charge is 0.398 e. The number of hydrogen-bond donors (Lipinski definition) is 1. The van der Waals surface area contributed by atoms with Crippen molar-refractivity contribution < 1.29 is 17.6 Å². The molecule has 0 radical (unpaired) electrons. The molecular formula is C14H9F4NS. The van der Waals surface area contributed by atoms with Crippen molar-refractivity contribution >= 4 is 17.4 Å². The molecule has 0 saturated carbocycles. The lowest BCUT2D eigenvalue weighted by Gasteiger charge is -2.22. The van der Waals surface area contributed by atoms with Crippen molar-refractivity contribution in [3.63, 3.8) is 0 Å². The number of hydrogen-bond acceptors (Lipinski definition) is 2. The van der Waals surface area contributed by atoms with Crippen molar-refractivity contribution in [2.45, 2.75) is 22.4 Å². The molecule has 0 aliphatic carbocycles. The van der Waals surface area contributed by atoms with Crippen molar-refractivity contribution in [2.75, 3.05) is 5.73 Å². The Labute approximate surface area is 116 Å². The molecule has 0 atom stereocenters. The first-order chi connectivity index (χ1) is 9.34. The lowest BCUT2D eigenvalue weighted by molar-refractivity contribution is -0.137. The van der Waals surface area contributed by atoms with Crippen LogP contribution in [0.5, 0.6) is 0 Å². The summed E-state index contributed by atoms with van der Waals surface area (Å²) in [6.07, 6.45) is -4.08. The quantitative estimate of drug-likeness (QED) is 0.489. The van der Waals surface area contributed by atoms with Crippen LogP contribution in [0.2, 0.25) is 0 Å². The van der Waals surface area contributed by atoms with Gasteiger partial charge in [-0.1, -0.05) is 11.8 Å². The van der Waals surface area contributed by atoms with Gasteiger partial charge in [0.05, 0.1) is 5.56 Å². The van der Waals surface area contributed by atoms with Gasteiger partial charge in [0.15, 0.2) is 0 Å². The molecule has 0 amide bonds. The van der Waals surface area contributed by atoms with E-state index in [9.17, 15) is 17.6 Å². The molecule has 1 heterocycles. The SMILES string of the molecule is Nc1cc(C(F)(F)F)cc2c1Cc1cc(F)ccc1S2. The van der Waals surface area contributed by atoms with Crippen LogP contribution in [0.25, 0.3) is 0 Å². The minimum Gasteiger partial charge on any atom is -0.398 e. The third-order valence-electron chi connectivity index (χ3n) is 3.18. The molecule has 0 aromatic heterocycles. The zero-order valence-electron chi connectivity index (χ0n) is 10.1. The van der Waals surface area contributed by atoms with Gasteiger partial charge in [0, 0.05) is 21.9 Å². The van der Waals surface area contributed by atoms with Gasteiger partial charge in [0.1, 0.15) is 5.82 Å². The second kappa shape index (κ2) is 4.41. The predicted octanol–water partition coefficient (Wildman–Crippen LogP) is 4.48. The van der Waals surface area contributed by atoms with Crippen LogP contribution in [0.15, 0.2) is 40.1 Å². The van der Waals surface area contributed by atoms with E-state index in [1.165, 1.54) is 23.9 Å². The number of anilines is 1. The summed E-state index contributed by atoms with van der Waals surface area (Å²) in [4.78, 5) is 1.24. The Kier molecular flexibility index (Phi) is 2.93. The highest BCUT2D eigenvalue weighted by Crippen LogP contribution is 2.44. The van der Waals surface area contributed by atoms with Crippen LogP contribution in [0.1, 0.15) is 16.7 Å². The highest BCUT2D eigenvalue weighted by molar-refractivity contribution is 7.99. The summed E-state index contributed by atoms with van der Waals surface area (Å²) in [6.45, 7) is 0. The van der Waals surface area contributed by atoms with Crippen LogP contribution >= 0.6 is 11.8 Å². The molecule has 104 valence electrons. The Morgan fingerprint density at radius 3 is 2.50 bits per heavy atom. The largest absolute Gasteiger partial charge is 0.416 e. The molecule has 0 fully saturated rings. The van der Waals surface area contributed by atoms with E-state index in [1.54, 1.807) is 6.07 Å². The average molecular weight is 299 g/mol. The van der Waals surface area contributed by atoms with E-state index < -0.39 is 11.7 Å². The third-order valence-corrected chi connectivity index (χ3v) is 4.38. The highest BCUT2D eigenvalue weighted by Gasteiger charge is 2.33. The fourth-order valence-electron chi connectivity index (χ4n) is 2.21. The number of nitrogen functional groups attached to an aromatic ring is 1. The molecule has 20 heavy (non-hydrogen) atoms. The molecule has 1 nitrogen and oxygen atoms in total. The van der Waals surface area contributed by atoms with Gasteiger partial charge < -0.3 is 5.73 Å². The van der Waals surface area contributed by atoms with Gasteiger partial charge in [0.2, 0.25) is 0 Å². The van der Waals surface area contributed by atoms with Crippen molar-refractivity contribution in [2.24, 2.45) is 0 Å². The van der Waals surface area contributed by atoms with Crippen LogP contribution in [0.3, 0.4) is 0 Å². The molecule has 3 rings (SSSR count). The van der Waals surface area contributed by atoms with Gasteiger partial charge >= 0.3 is 6.18 Å². The summed E-state index contributed by atoms with van der Waals surface area (Å²) in [6, 6.07) is 6.30. The molecule has 1 aliphatic heterocycles. The Morgan fingerprint density at radius 2 is 1.80 bits per heavy atom. The van der Waals surface area contributed by atoms with Gasteiger partial charge in [-0.15, -0.1) is 0 Å². The van der Waals surface area contributed by atoms with Gasteiger partial charge in [0.25, 0.3) is 0 Å². The number of rotatable bonds is 0. The zero-order valence-corrected chi connectivity index (χ0v) is 10.9. The van der Waals surface area contributed by atoms with Crippen LogP contribution in [-0.4, -0.2) is 0 Å². The van der Waals surface area contributed by atoms with Crippen molar-refractivity contribution in [3.8, 4) is 0 Å². The molecule has 2 aromatic carbocycles. The summed E-state index contributed by atoms with van der Waals surface area (Å²) in [5.74, 6) is -0.363. The summed E-state index contributed by atoms with van der Waals surface area (Å²) in [7, 11) is 0. The predicted molar refractivity (Wildman–Crippen MR) is 69.2 cm³/mol. The Hall–Kier alpha value is -1.69. The summed E-state index contributed by atoms with van der Waals surface area (Å²) >= 11 is 1.19. The Bertz CT molecular complexity index is 694. The molecule has 6 heteroatoms. The minimum absolute atomic E-state index is 0.0947. The van der Waals surface area contributed by atoms with Crippen LogP contribution in [0.4, 0.5) is 23.2 Å². The van der Waals surface area contributed by atoms with Crippen LogP contribution in [-0.2, 0) is 12.6 Å². The van der Waals surface area contributed by atoms with Crippen molar-refractivity contribution in [1.29, 1.82) is 0 Å². The second-order valence-corrected chi connectivity index (χ2v) is 5.65. The van der Waals surface area contributed by atoms with Crippen molar-refractivity contribution in [1.82, 2.24) is 0 Å². The van der Waals surface area contributed by atoms with Gasteiger partial charge in [-0.3, -0.25) is 0 Å². The van der Waals surface area contributed by atoms with E-state index >= 15 is 0 Å². The molecule has 0 spiro atoms. The fourth-order valence-corrected chi connectivity index (χ4v) is 3.34. The zero-order chi connectivity index (χ0) is 14.5. The molecule has 0 unspecified atom stereocenters. The van der Waals surface area contributed by atoms with Gasteiger partial charge in [-0.25, -0.2) is 4.39 Å².